The summed E-state index contributed by atoms with van der Waals surface area (Å²) in [7, 11) is 0. The van der Waals surface area contributed by atoms with Crippen LogP contribution in [0.25, 0.3) is 11.4 Å². The molecule has 27 heavy (non-hydrogen) atoms. The van der Waals surface area contributed by atoms with Crippen molar-refractivity contribution >= 4 is 46.5 Å². The van der Waals surface area contributed by atoms with Crippen molar-refractivity contribution in [2.24, 2.45) is 4.99 Å². The molecule has 9 heteroatoms. The summed E-state index contributed by atoms with van der Waals surface area (Å²) in [4.78, 5) is 4.73. The summed E-state index contributed by atoms with van der Waals surface area (Å²) in [6.07, 6.45) is 0. The van der Waals surface area contributed by atoms with Crippen LogP contribution in [0.2, 0.25) is 10.0 Å². The zero-order valence-corrected chi connectivity index (χ0v) is 16.8. The lowest BCUT2D eigenvalue weighted by Gasteiger charge is -2.19. The van der Waals surface area contributed by atoms with Gasteiger partial charge < -0.3 is 0 Å². The number of aryl methyl sites for hydroxylation is 1. The first-order valence-corrected chi connectivity index (χ1v) is 9.82. The van der Waals surface area contributed by atoms with Crippen molar-refractivity contribution in [2.45, 2.75) is 19.0 Å². The normalized spacial score (nSPS) is 14.9. The number of aromatic nitrogens is 3. The highest BCUT2D eigenvalue weighted by Gasteiger charge is 2.23. The van der Waals surface area contributed by atoms with E-state index in [0.29, 0.717) is 27.3 Å². The average molecular weight is 422 g/mol. The van der Waals surface area contributed by atoms with Crippen LogP contribution in [0.1, 0.15) is 11.1 Å². The Balaban J connectivity index is 1.74. The van der Waals surface area contributed by atoms with Gasteiger partial charge in [0, 0.05) is 5.56 Å². The maximum absolute atomic E-state index is 13.9. The second-order valence-electron chi connectivity index (χ2n) is 6.07. The SMILES string of the molecule is Cc1cccc(N=C2CSc3nnc(-c4cc(F)c(Cl)cc4Cl)n3N2)c1C. The number of halogens is 3. The number of thioether (sulfide) groups is 1. The van der Waals surface area contributed by atoms with Crippen molar-refractivity contribution in [3.05, 3.63) is 57.3 Å². The van der Waals surface area contributed by atoms with Crippen LogP contribution >= 0.6 is 35.0 Å². The van der Waals surface area contributed by atoms with Gasteiger partial charge in [0.05, 0.1) is 21.5 Å². The lowest BCUT2D eigenvalue weighted by Crippen LogP contribution is -2.30. The van der Waals surface area contributed by atoms with E-state index in [2.05, 4.69) is 28.6 Å². The summed E-state index contributed by atoms with van der Waals surface area (Å²) in [5, 5.41) is 9.20. The molecule has 0 amide bonds. The van der Waals surface area contributed by atoms with Crippen molar-refractivity contribution < 1.29 is 4.39 Å². The Bertz CT molecular complexity index is 1080. The molecule has 0 bridgehead atoms. The third-order valence-corrected chi connectivity index (χ3v) is 5.84. The molecule has 0 radical (unpaired) electrons. The molecular formula is C18H14Cl2FN5S. The molecule has 0 unspecified atom stereocenters. The molecule has 1 aliphatic rings. The Hall–Kier alpha value is -2.09. The number of aliphatic imine (C=N–C) groups is 1. The Kier molecular flexibility index (Phi) is 4.84. The van der Waals surface area contributed by atoms with E-state index >= 15 is 0 Å². The molecule has 5 nitrogen and oxygen atoms in total. The predicted molar refractivity (Wildman–Crippen MR) is 109 cm³/mol. The molecule has 1 N–H and O–H groups in total. The summed E-state index contributed by atoms with van der Waals surface area (Å²) < 4.78 is 15.6. The Morgan fingerprint density at radius 1 is 1.19 bits per heavy atom. The van der Waals surface area contributed by atoms with Gasteiger partial charge in [0.1, 0.15) is 11.7 Å². The zero-order valence-electron chi connectivity index (χ0n) is 14.4. The van der Waals surface area contributed by atoms with Gasteiger partial charge in [-0.1, -0.05) is 47.1 Å². The first-order chi connectivity index (χ1) is 12.9. The molecule has 2 aromatic carbocycles. The maximum Gasteiger partial charge on any atom is 0.211 e. The fraction of sp³-hybridized carbons (Fsp3) is 0.167. The van der Waals surface area contributed by atoms with Gasteiger partial charge in [-0.25, -0.2) is 14.1 Å². The van der Waals surface area contributed by atoms with Crippen LogP contribution in [-0.4, -0.2) is 26.5 Å². The monoisotopic (exact) mass is 421 g/mol. The minimum Gasteiger partial charge on any atom is -0.276 e. The number of benzene rings is 2. The number of hydrogen-bond donors (Lipinski definition) is 1. The van der Waals surface area contributed by atoms with Crippen LogP contribution in [-0.2, 0) is 0 Å². The minimum atomic E-state index is -0.568. The van der Waals surface area contributed by atoms with Gasteiger partial charge in [0.25, 0.3) is 0 Å². The number of amidine groups is 1. The van der Waals surface area contributed by atoms with Gasteiger partial charge in [-0.15, -0.1) is 10.2 Å². The van der Waals surface area contributed by atoms with Gasteiger partial charge in [-0.2, -0.15) is 0 Å². The summed E-state index contributed by atoms with van der Waals surface area (Å²) in [6, 6.07) is 8.61. The van der Waals surface area contributed by atoms with Crippen LogP contribution < -0.4 is 5.43 Å². The van der Waals surface area contributed by atoms with Gasteiger partial charge in [-0.3, -0.25) is 5.43 Å². The molecule has 4 rings (SSSR count). The lowest BCUT2D eigenvalue weighted by atomic mass is 10.1. The lowest BCUT2D eigenvalue weighted by molar-refractivity contribution is 0.628. The molecule has 0 saturated heterocycles. The second kappa shape index (κ2) is 7.14. The topological polar surface area (TPSA) is 55.1 Å². The quantitative estimate of drug-likeness (QED) is 0.563. The molecular weight excluding hydrogens is 408 g/mol. The van der Waals surface area contributed by atoms with Crippen molar-refractivity contribution in [1.29, 1.82) is 0 Å². The number of fused-ring (bicyclic) bond motifs is 1. The van der Waals surface area contributed by atoms with Crippen molar-refractivity contribution in [1.82, 2.24) is 14.9 Å². The first kappa shape index (κ1) is 18.3. The van der Waals surface area contributed by atoms with E-state index in [1.807, 2.05) is 19.1 Å². The van der Waals surface area contributed by atoms with E-state index in [9.17, 15) is 4.39 Å². The number of rotatable bonds is 2. The maximum atomic E-state index is 13.9. The minimum absolute atomic E-state index is 0.0401. The first-order valence-electron chi connectivity index (χ1n) is 8.08. The van der Waals surface area contributed by atoms with E-state index < -0.39 is 5.82 Å². The molecule has 0 atom stereocenters. The van der Waals surface area contributed by atoms with Crippen LogP contribution in [0.4, 0.5) is 10.1 Å². The number of nitrogens with zero attached hydrogens (tertiary/aromatic N) is 4. The van der Waals surface area contributed by atoms with E-state index in [1.165, 1.54) is 29.5 Å². The summed E-state index contributed by atoms with van der Waals surface area (Å²) in [5.41, 5.74) is 6.80. The van der Waals surface area contributed by atoms with Crippen LogP contribution in [0.5, 0.6) is 0 Å². The molecule has 0 spiro atoms. The van der Waals surface area contributed by atoms with Crippen molar-refractivity contribution in [2.75, 3.05) is 11.2 Å². The van der Waals surface area contributed by atoms with Crippen molar-refractivity contribution in [3.63, 3.8) is 0 Å². The van der Waals surface area contributed by atoms with Crippen LogP contribution in [0.3, 0.4) is 0 Å². The Morgan fingerprint density at radius 3 is 2.81 bits per heavy atom. The van der Waals surface area contributed by atoms with Crippen molar-refractivity contribution in [3.8, 4) is 11.4 Å². The third kappa shape index (κ3) is 3.42. The number of nitrogens with one attached hydrogen (secondary N) is 1. The summed E-state index contributed by atoms with van der Waals surface area (Å²) in [6.45, 7) is 4.09. The third-order valence-electron chi connectivity index (χ3n) is 4.29. The molecule has 2 heterocycles. The highest BCUT2D eigenvalue weighted by molar-refractivity contribution is 7.99. The van der Waals surface area contributed by atoms with E-state index in [4.69, 9.17) is 28.2 Å². The van der Waals surface area contributed by atoms with Gasteiger partial charge in [-0.05, 0) is 43.2 Å². The predicted octanol–water partition coefficient (Wildman–Crippen LogP) is 5.39. The Morgan fingerprint density at radius 2 is 2.00 bits per heavy atom. The summed E-state index contributed by atoms with van der Waals surface area (Å²) in [5.74, 6) is 1.19. The molecule has 0 fully saturated rings. The molecule has 0 aliphatic carbocycles. The van der Waals surface area contributed by atoms with Gasteiger partial charge >= 0.3 is 0 Å². The second-order valence-corrected chi connectivity index (χ2v) is 7.82. The smallest absolute Gasteiger partial charge is 0.211 e. The van der Waals surface area contributed by atoms with E-state index in [1.54, 1.807) is 4.68 Å². The van der Waals surface area contributed by atoms with E-state index in [-0.39, 0.29) is 5.02 Å². The highest BCUT2D eigenvalue weighted by atomic mass is 35.5. The molecule has 138 valence electrons. The van der Waals surface area contributed by atoms with Gasteiger partial charge in [0.15, 0.2) is 5.82 Å². The highest BCUT2D eigenvalue weighted by Crippen LogP contribution is 2.34. The molecule has 1 aliphatic heterocycles. The van der Waals surface area contributed by atoms with Crippen LogP contribution in [0, 0.1) is 19.7 Å². The van der Waals surface area contributed by atoms with Gasteiger partial charge in [0.2, 0.25) is 5.16 Å². The van der Waals surface area contributed by atoms with E-state index in [0.717, 1.165) is 17.1 Å². The molecule has 1 aromatic heterocycles. The zero-order chi connectivity index (χ0) is 19.1. The standard InChI is InChI=1S/C18H14Cl2FN5S/c1-9-4-3-5-15(10(9)2)22-16-8-27-18-24-23-17(26(18)25-16)11-6-14(21)13(20)7-12(11)19/h3-7H,8H2,1-2H3,(H,22,25). The Labute approximate surface area is 169 Å². The average Bonchev–Trinajstić information content (AvgIpc) is 3.05. The fourth-order valence-corrected chi connectivity index (χ4v) is 3.91. The largest absolute Gasteiger partial charge is 0.276 e. The molecule has 3 aromatic rings. The molecule has 0 saturated carbocycles. The summed E-state index contributed by atoms with van der Waals surface area (Å²) >= 11 is 13.5. The fourth-order valence-electron chi connectivity index (χ4n) is 2.69. The van der Waals surface area contributed by atoms with Crippen LogP contribution in [0.15, 0.2) is 40.5 Å². The number of hydrogen-bond acceptors (Lipinski definition) is 4.